The number of nitrogens with one attached hydrogen (secondary N) is 2. The molecule has 0 fully saturated rings. The number of amidine groups is 1. The Morgan fingerprint density at radius 3 is 2.30 bits per heavy atom. The molecule has 1 aromatic rings. The third-order valence-electron chi connectivity index (χ3n) is 3.08. The number of halogens is 4. The number of carboxylic acid groups (broad SMARTS) is 1. The number of ether oxygens (including phenoxy) is 1. The number of nitrogens with zero attached hydrogens (tertiary/aromatic N) is 3. The van der Waals surface area contributed by atoms with Crippen LogP contribution in [0.2, 0.25) is 0 Å². The van der Waals surface area contributed by atoms with E-state index in [0.717, 1.165) is 0 Å². The summed E-state index contributed by atoms with van der Waals surface area (Å²) in [5.74, 6) is -11.7. The molecule has 0 bridgehead atoms. The number of aliphatic carboxylic acids is 1. The Hall–Kier alpha value is -3.38. The largest absolute Gasteiger partial charge is 0.480 e. The topological polar surface area (TPSA) is 174 Å². The van der Waals surface area contributed by atoms with Crippen molar-refractivity contribution < 1.29 is 37.0 Å². The van der Waals surface area contributed by atoms with E-state index in [-0.39, 0.29) is 19.4 Å². The maximum Gasteiger partial charge on any atom is 0.352 e. The van der Waals surface area contributed by atoms with Crippen molar-refractivity contribution in [2.24, 2.45) is 10.8 Å². The van der Waals surface area contributed by atoms with Crippen molar-refractivity contribution in [3.8, 4) is 0 Å². The summed E-state index contributed by atoms with van der Waals surface area (Å²) in [6, 6.07) is -2.16. The molecule has 0 spiro atoms. The summed E-state index contributed by atoms with van der Waals surface area (Å²) < 4.78 is 59.0. The quantitative estimate of drug-likeness (QED) is 0.0635. The molecule has 10 nitrogen and oxygen atoms in total. The van der Waals surface area contributed by atoms with E-state index in [1.807, 2.05) is 4.91 Å². The molecule has 5 N–H and O–H groups in total. The predicted molar refractivity (Wildman–Crippen MR) is 81.1 cm³/mol. The first-order valence-electron chi connectivity index (χ1n) is 7.05. The van der Waals surface area contributed by atoms with Crippen LogP contribution in [0.5, 0.6) is 0 Å². The highest BCUT2D eigenvalue weighted by atomic mass is 19.2. The first-order chi connectivity index (χ1) is 12.6. The average Bonchev–Trinajstić information content (AvgIpc) is 2.60. The third-order valence-corrected chi connectivity index (χ3v) is 3.08. The zero-order valence-electron chi connectivity index (χ0n) is 13.3. The Morgan fingerprint density at radius 2 is 1.81 bits per heavy atom. The summed E-state index contributed by atoms with van der Waals surface area (Å²) in [7, 11) is 0. The number of esters is 1. The van der Waals surface area contributed by atoms with Crippen LogP contribution >= 0.6 is 0 Å². The lowest BCUT2D eigenvalue weighted by Crippen LogP contribution is -2.33. The van der Waals surface area contributed by atoms with Crippen molar-refractivity contribution >= 4 is 23.6 Å². The Balaban J connectivity index is 2.82. The van der Waals surface area contributed by atoms with Gasteiger partial charge in [-0.05, 0) is 18.4 Å². The number of nitrogens with two attached hydrogens (primary N) is 1. The zero-order valence-corrected chi connectivity index (χ0v) is 13.3. The van der Waals surface area contributed by atoms with E-state index in [9.17, 15) is 27.2 Å². The SMILES string of the molecule is [N-]=[N+]=Nc1c(F)c(F)c(C(=O)OC(=N)NCCCC(N)C(=O)O)c(F)c1F. The Bertz CT molecular complexity index is 799. The molecule has 1 unspecified atom stereocenters. The highest BCUT2D eigenvalue weighted by Gasteiger charge is 2.30. The van der Waals surface area contributed by atoms with E-state index in [1.165, 1.54) is 0 Å². The summed E-state index contributed by atoms with van der Waals surface area (Å²) in [4.78, 5) is 24.2. The van der Waals surface area contributed by atoms with Gasteiger partial charge in [0.1, 0.15) is 17.3 Å². The van der Waals surface area contributed by atoms with Crippen molar-refractivity contribution in [2.45, 2.75) is 18.9 Å². The number of azide groups is 1. The average molecular weight is 392 g/mol. The molecule has 0 aliphatic heterocycles. The molecule has 0 saturated carbocycles. The van der Waals surface area contributed by atoms with Crippen molar-refractivity contribution in [2.75, 3.05) is 6.54 Å². The molecule has 0 aromatic heterocycles. The van der Waals surface area contributed by atoms with Gasteiger partial charge in [-0.25, -0.2) is 22.4 Å². The molecular weight excluding hydrogens is 380 g/mol. The van der Waals surface area contributed by atoms with E-state index in [2.05, 4.69) is 15.2 Å². The van der Waals surface area contributed by atoms with Crippen LogP contribution in [0, 0.1) is 28.7 Å². The van der Waals surface area contributed by atoms with Gasteiger partial charge >= 0.3 is 11.9 Å². The number of carboxylic acids is 1. The lowest BCUT2D eigenvalue weighted by molar-refractivity contribution is -0.138. The molecule has 14 heteroatoms. The van der Waals surface area contributed by atoms with Crippen LogP contribution in [0.3, 0.4) is 0 Å². The first-order valence-corrected chi connectivity index (χ1v) is 7.05. The monoisotopic (exact) mass is 392 g/mol. The molecule has 0 saturated heterocycles. The minimum Gasteiger partial charge on any atom is -0.480 e. The maximum absolute atomic E-state index is 13.8. The molecule has 0 amide bonds. The minimum absolute atomic E-state index is 0.0180. The summed E-state index contributed by atoms with van der Waals surface area (Å²) in [6.45, 7) is -0.0867. The molecule has 0 aliphatic rings. The highest BCUT2D eigenvalue weighted by Crippen LogP contribution is 2.30. The highest BCUT2D eigenvalue weighted by molar-refractivity contribution is 5.97. The minimum atomic E-state index is -2.17. The summed E-state index contributed by atoms with van der Waals surface area (Å²) in [5, 5.41) is 20.5. The number of carbonyl (C=O) groups is 2. The van der Waals surface area contributed by atoms with Crippen LogP contribution in [0.25, 0.3) is 10.4 Å². The van der Waals surface area contributed by atoms with Gasteiger partial charge in [0, 0.05) is 11.5 Å². The molecule has 0 aliphatic carbocycles. The van der Waals surface area contributed by atoms with Gasteiger partial charge in [-0.3, -0.25) is 10.2 Å². The van der Waals surface area contributed by atoms with Gasteiger partial charge in [-0.2, -0.15) is 0 Å². The smallest absolute Gasteiger partial charge is 0.352 e. The molecule has 1 aromatic carbocycles. The van der Waals surface area contributed by atoms with Crippen LogP contribution in [0.15, 0.2) is 5.11 Å². The molecule has 27 heavy (non-hydrogen) atoms. The first kappa shape index (κ1) is 21.7. The van der Waals surface area contributed by atoms with Crippen molar-refractivity contribution in [3.05, 3.63) is 39.3 Å². The van der Waals surface area contributed by atoms with Gasteiger partial charge < -0.3 is 20.9 Å². The fraction of sp³-hybridized carbons (Fsp3) is 0.308. The Morgan fingerprint density at radius 1 is 1.26 bits per heavy atom. The number of carbonyl (C=O) groups excluding carboxylic acids is 1. The second-order valence-electron chi connectivity index (χ2n) is 4.90. The third kappa shape index (κ3) is 5.29. The lowest BCUT2D eigenvalue weighted by atomic mass is 10.1. The number of rotatable bonds is 7. The number of hydrogen-bond acceptors (Lipinski definition) is 6. The molecule has 146 valence electrons. The second kappa shape index (κ2) is 9.35. The van der Waals surface area contributed by atoms with Crippen LogP contribution in [-0.2, 0) is 9.53 Å². The van der Waals surface area contributed by atoms with Gasteiger partial charge in [-0.1, -0.05) is 5.11 Å². The zero-order chi connectivity index (χ0) is 20.7. The maximum atomic E-state index is 13.8. The fourth-order valence-electron chi connectivity index (χ4n) is 1.76. The van der Waals surface area contributed by atoms with E-state index >= 15 is 0 Å². The molecule has 0 heterocycles. The van der Waals surface area contributed by atoms with E-state index in [4.69, 9.17) is 21.8 Å². The standard InChI is InChI=1S/C13H12F4N6O4/c14-6-5(7(15)9(17)10(8(6)16)22-23-20)12(26)27-13(19)21-3-1-2-4(18)11(24)25/h4H,1-3,18H2,(H2,19,21)(H,24,25). The van der Waals surface area contributed by atoms with Crippen LogP contribution < -0.4 is 11.1 Å². The number of hydrogen-bond donors (Lipinski definition) is 4. The summed E-state index contributed by atoms with van der Waals surface area (Å²) in [6.07, 6.45) is 0.157. The van der Waals surface area contributed by atoms with E-state index in [1.54, 1.807) is 0 Å². The van der Waals surface area contributed by atoms with Gasteiger partial charge in [0.15, 0.2) is 23.3 Å². The van der Waals surface area contributed by atoms with Crippen molar-refractivity contribution in [3.63, 3.8) is 0 Å². The second-order valence-corrected chi connectivity index (χ2v) is 4.90. The van der Waals surface area contributed by atoms with Crippen LogP contribution in [0.1, 0.15) is 23.2 Å². The molecular formula is C13H12F4N6O4. The van der Waals surface area contributed by atoms with Gasteiger partial charge in [0.05, 0.1) is 0 Å². The molecule has 1 rings (SSSR count). The van der Waals surface area contributed by atoms with E-state index < -0.39 is 58.5 Å². The van der Waals surface area contributed by atoms with Gasteiger partial charge in [-0.15, -0.1) is 0 Å². The number of benzene rings is 1. The van der Waals surface area contributed by atoms with Crippen LogP contribution in [0.4, 0.5) is 23.2 Å². The van der Waals surface area contributed by atoms with Crippen LogP contribution in [-0.4, -0.2) is 35.7 Å². The normalized spacial score (nSPS) is 11.3. The van der Waals surface area contributed by atoms with Crippen molar-refractivity contribution in [1.82, 2.24) is 5.32 Å². The van der Waals surface area contributed by atoms with Gasteiger partial charge in [0.25, 0.3) is 6.02 Å². The molecule has 1 atom stereocenters. The van der Waals surface area contributed by atoms with Gasteiger partial charge in [0.2, 0.25) is 0 Å². The summed E-state index contributed by atoms with van der Waals surface area (Å²) >= 11 is 0. The van der Waals surface area contributed by atoms with E-state index in [0.29, 0.717) is 0 Å². The predicted octanol–water partition coefficient (Wildman–Crippen LogP) is 2.06. The lowest BCUT2D eigenvalue weighted by Gasteiger charge is -2.11. The molecule has 0 radical (unpaired) electrons. The van der Waals surface area contributed by atoms with Crippen molar-refractivity contribution in [1.29, 1.82) is 5.41 Å². The Kier molecular flexibility index (Phi) is 7.50. The fourth-order valence-corrected chi connectivity index (χ4v) is 1.76. The summed E-state index contributed by atoms with van der Waals surface area (Å²) in [5.41, 5.74) is 9.99. The Labute approximate surface area is 148 Å².